The molecular weight excluding hydrogens is 312 g/mol. The van der Waals surface area contributed by atoms with Crippen LogP contribution in [0.4, 0.5) is 0 Å². The molecule has 0 aliphatic rings. The van der Waals surface area contributed by atoms with Crippen LogP contribution >= 0.6 is 11.8 Å². The van der Waals surface area contributed by atoms with E-state index >= 15 is 0 Å². The van der Waals surface area contributed by atoms with E-state index in [-0.39, 0.29) is 4.91 Å². The largest absolute Gasteiger partial charge is 0.477 e. The third kappa shape index (κ3) is 3.45. The predicted molar refractivity (Wildman–Crippen MR) is 90.1 cm³/mol. The van der Waals surface area contributed by atoms with Crippen molar-refractivity contribution in [2.45, 2.75) is 24.9 Å². The minimum Gasteiger partial charge on any atom is -0.477 e. The smallest absolute Gasteiger partial charge is 0.342 e. The lowest BCUT2D eigenvalue weighted by Crippen LogP contribution is -1.97. The average molecular weight is 328 g/mol. The van der Waals surface area contributed by atoms with E-state index in [1.54, 1.807) is 12.3 Å². The first kappa shape index (κ1) is 15.4. The molecule has 0 unspecified atom stereocenters. The van der Waals surface area contributed by atoms with Crippen molar-refractivity contribution >= 4 is 34.7 Å². The predicted octanol–water partition coefficient (Wildman–Crippen LogP) is 3.46. The molecule has 1 aromatic carbocycles. The maximum atomic E-state index is 11.5. The summed E-state index contributed by atoms with van der Waals surface area (Å²) in [6.45, 7) is 2.05. The summed E-state index contributed by atoms with van der Waals surface area (Å²) in [6.07, 6.45) is 5.19. The molecule has 2 aromatic heterocycles. The summed E-state index contributed by atoms with van der Waals surface area (Å²) in [4.78, 5) is 19.1. The van der Waals surface area contributed by atoms with Gasteiger partial charge in [0.2, 0.25) is 5.16 Å². The normalized spacial score (nSPS) is 12.0. The van der Waals surface area contributed by atoms with Gasteiger partial charge in [-0.2, -0.15) is 0 Å². The van der Waals surface area contributed by atoms with Gasteiger partial charge in [-0.1, -0.05) is 25.1 Å². The fourth-order valence-electron chi connectivity index (χ4n) is 2.26. The molecule has 23 heavy (non-hydrogen) atoms. The highest BCUT2D eigenvalue weighted by atomic mass is 32.2. The first-order chi connectivity index (χ1) is 11.2. The molecule has 0 aliphatic carbocycles. The van der Waals surface area contributed by atoms with Crippen LogP contribution in [0.25, 0.3) is 17.0 Å². The van der Waals surface area contributed by atoms with Gasteiger partial charge in [0.05, 0.1) is 0 Å². The Kier molecular flexibility index (Phi) is 4.47. The van der Waals surface area contributed by atoms with Crippen LogP contribution in [0.2, 0.25) is 0 Å². The van der Waals surface area contributed by atoms with Gasteiger partial charge in [0.1, 0.15) is 10.7 Å². The van der Waals surface area contributed by atoms with Gasteiger partial charge in [0.15, 0.2) is 0 Å². The molecule has 118 valence electrons. The van der Waals surface area contributed by atoms with E-state index in [1.165, 1.54) is 0 Å². The number of fused-ring (bicyclic) bond motifs is 1. The highest BCUT2D eigenvalue weighted by Gasteiger charge is 2.14. The summed E-state index contributed by atoms with van der Waals surface area (Å²) in [7, 11) is 0. The number of aromatic amines is 2. The Morgan fingerprint density at radius 1 is 1.39 bits per heavy atom. The van der Waals surface area contributed by atoms with Crippen molar-refractivity contribution in [3.63, 3.8) is 0 Å². The van der Waals surface area contributed by atoms with Crippen molar-refractivity contribution in [3.05, 3.63) is 46.8 Å². The van der Waals surface area contributed by atoms with Gasteiger partial charge in [-0.15, -0.1) is 5.10 Å². The van der Waals surface area contributed by atoms with Crippen LogP contribution in [-0.4, -0.2) is 31.2 Å². The van der Waals surface area contributed by atoms with Gasteiger partial charge in [-0.3, -0.25) is 5.10 Å². The minimum absolute atomic E-state index is 0.178. The zero-order valence-electron chi connectivity index (χ0n) is 12.5. The number of rotatable bonds is 6. The van der Waals surface area contributed by atoms with E-state index in [1.807, 2.05) is 24.3 Å². The number of aromatic nitrogens is 4. The van der Waals surface area contributed by atoms with Crippen molar-refractivity contribution < 1.29 is 9.90 Å². The Bertz CT molecular complexity index is 866. The lowest BCUT2D eigenvalue weighted by atomic mass is 10.1. The first-order valence-corrected chi connectivity index (χ1v) is 8.09. The molecule has 0 amide bonds. The van der Waals surface area contributed by atoms with E-state index in [0.717, 1.165) is 46.9 Å². The van der Waals surface area contributed by atoms with Crippen LogP contribution in [0.15, 0.2) is 40.5 Å². The summed E-state index contributed by atoms with van der Waals surface area (Å²) in [5.74, 6) is -0.228. The Balaban J connectivity index is 1.90. The number of aliphatic carboxylic acids is 1. The van der Waals surface area contributed by atoms with Gasteiger partial charge in [0, 0.05) is 29.1 Å². The van der Waals surface area contributed by atoms with Crippen LogP contribution in [0.1, 0.15) is 24.7 Å². The molecule has 0 atom stereocenters. The standard InChI is InChI=1S/C16H16N4O2S/c1-2-5-14-18-16(20-19-14)23-13(15(21)22)8-10-9-17-12-7-4-3-6-11(10)12/h3-4,6-9,17H,2,5H2,1H3,(H,21,22)(H,18,19,20)/b13-8-. The fourth-order valence-corrected chi connectivity index (χ4v) is 2.98. The van der Waals surface area contributed by atoms with Crippen molar-refractivity contribution in [1.82, 2.24) is 20.2 Å². The molecule has 0 radical (unpaired) electrons. The van der Waals surface area contributed by atoms with Crippen LogP contribution in [0.3, 0.4) is 0 Å². The molecule has 0 spiro atoms. The molecule has 0 aliphatic heterocycles. The summed E-state index contributed by atoms with van der Waals surface area (Å²) in [5, 5.41) is 17.7. The molecular formula is C16H16N4O2S. The number of H-pyrrole nitrogens is 2. The third-order valence-corrected chi connectivity index (χ3v) is 4.20. The van der Waals surface area contributed by atoms with Crippen molar-refractivity contribution in [2.24, 2.45) is 0 Å². The van der Waals surface area contributed by atoms with Gasteiger partial charge < -0.3 is 10.1 Å². The molecule has 0 saturated carbocycles. The van der Waals surface area contributed by atoms with E-state index in [9.17, 15) is 9.90 Å². The summed E-state index contributed by atoms with van der Waals surface area (Å²) >= 11 is 1.04. The lowest BCUT2D eigenvalue weighted by Gasteiger charge is -1.98. The molecule has 0 fully saturated rings. The van der Waals surface area contributed by atoms with Crippen molar-refractivity contribution in [1.29, 1.82) is 0 Å². The van der Waals surface area contributed by atoms with E-state index in [0.29, 0.717) is 5.16 Å². The second kappa shape index (κ2) is 6.70. The van der Waals surface area contributed by atoms with Gasteiger partial charge in [-0.25, -0.2) is 9.78 Å². The number of carboxylic acids is 1. The zero-order valence-corrected chi connectivity index (χ0v) is 13.4. The maximum absolute atomic E-state index is 11.5. The fraction of sp³-hybridized carbons (Fsp3) is 0.188. The second-order valence-electron chi connectivity index (χ2n) is 5.02. The molecule has 3 aromatic rings. The summed E-state index contributed by atoms with van der Waals surface area (Å²) < 4.78 is 0. The number of carboxylic acid groups (broad SMARTS) is 1. The Hall–Kier alpha value is -2.54. The average Bonchev–Trinajstić information content (AvgIpc) is 3.14. The van der Waals surface area contributed by atoms with Crippen molar-refractivity contribution in [3.8, 4) is 0 Å². The Morgan fingerprint density at radius 2 is 2.22 bits per heavy atom. The van der Waals surface area contributed by atoms with Crippen LogP contribution in [0, 0.1) is 0 Å². The molecule has 3 rings (SSSR count). The topological polar surface area (TPSA) is 94.7 Å². The Morgan fingerprint density at radius 3 is 3.00 bits per heavy atom. The van der Waals surface area contributed by atoms with Crippen LogP contribution in [-0.2, 0) is 11.2 Å². The first-order valence-electron chi connectivity index (χ1n) is 7.27. The number of hydrogen-bond acceptors (Lipinski definition) is 4. The van der Waals surface area contributed by atoms with Crippen LogP contribution < -0.4 is 0 Å². The molecule has 0 saturated heterocycles. The van der Waals surface area contributed by atoms with E-state index < -0.39 is 5.97 Å². The maximum Gasteiger partial charge on any atom is 0.342 e. The molecule has 6 nitrogen and oxygen atoms in total. The quantitative estimate of drug-likeness (QED) is 0.476. The van der Waals surface area contributed by atoms with Crippen molar-refractivity contribution in [2.75, 3.05) is 0 Å². The van der Waals surface area contributed by atoms with Gasteiger partial charge >= 0.3 is 5.97 Å². The molecule has 0 bridgehead atoms. The number of thioether (sulfide) groups is 1. The molecule has 3 N–H and O–H groups in total. The SMILES string of the molecule is CCCc1nc(S/C(=C\c2c[nH]c3ccccc23)C(=O)O)n[nH]1. The van der Waals surface area contributed by atoms with E-state index in [2.05, 4.69) is 27.1 Å². The highest BCUT2D eigenvalue weighted by Crippen LogP contribution is 2.28. The number of para-hydroxylation sites is 1. The number of carbonyl (C=O) groups is 1. The second-order valence-corrected chi connectivity index (χ2v) is 6.03. The minimum atomic E-state index is -0.998. The number of benzene rings is 1. The highest BCUT2D eigenvalue weighted by molar-refractivity contribution is 8.04. The van der Waals surface area contributed by atoms with Crippen LogP contribution in [0.5, 0.6) is 0 Å². The number of aryl methyl sites for hydroxylation is 1. The van der Waals surface area contributed by atoms with E-state index in [4.69, 9.17) is 0 Å². The number of hydrogen-bond donors (Lipinski definition) is 3. The van der Waals surface area contributed by atoms with Gasteiger partial charge in [-0.05, 0) is 30.3 Å². The zero-order chi connectivity index (χ0) is 16.2. The number of nitrogens with one attached hydrogen (secondary N) is 2. The number of nitrogens with zero attached hydrogens (tertiary/aromatic N) is 2. The Labute approximate surface area is 137 Å². The summed E-state index contributed by atoms with van der Waals surface area (Å²) in [6, 6.07) is 7.76. The molecule has 7 heteroatoms. The summed E-state index contributed by atoms with van der Waals surface area (Å²) in [5.41, 5.74) is 1.80. The molecule has 2 heterocycles. The lowest BCUT2D eigenvalue weighted by molar-refractivity contribution is -0.131. The third-order valence-electron chi connectivity index (χ3n) is 3.32. The van der Waals surface area contributed by atoms with Gasteiger partial charge in [0.25, 0.3) is 0 Å². The monoisotopic (exact) mass is 328 g/mol.